The summed E-state index contributed by atoms with van der Waals surface area (Å²) in [6, 6.07) is 9.66. The number of aliphatic hydroxyl groups is 1. The van der Waals surface area contributed by atoms with Crippen LogP contribution in [0.4, 0.5) is 0 Å². The molecule has 0 bridgehead atoms. The third-order valence-electron chi connectivity index (χ3n) is 2.37. The van der Waals surface area contributed by atoms with Crippen LogP contribution in [0.5, 0.6) is 0 Å². The van der Waals surface area contributed by atoms with Crippen molar-refractivity contribution in [3.05, 3.63) is 53.3 Å². The summed E-state index contributed by atoms with van der Waals surface area (Å²) in [5.41, 5.74) is 2.71. The van der Waals surface area contributed by atoms with Crippen LogP contribution in [-0.2, 0) is 7.05 Å². The molecule has 0 saturated carbocycles. The summed E-state index contributed by atoms with van der Waals surface area (Å²) in [5.74, 6) is 0. The molecule has 1 aromatic carbocycles. The highest BCUT2D eigenvalue weighted by Crippen LogP contribution is 2.20. The summed E-state index contributed by atoms with van der Waals surface area (Å²) < 4.78 is 1.69. The first kappa shape index (κ1) is 9.93. The molecular weight excluding hydrogens is 188 g/mol. The van der Waals surface area contributed by atoms with Gasteiger partial charge in [0.25, 0.3) is 0 Å². The SMILES string of the molecule is Cc1cccc(C(O)c2ccn(C)n2)c1. The molecular formula is C12H14N2O. The molecule has 1 unspecified atom stereocenters. The Labute approximate surface area is 89.0 Å². The second-order valence-corrected chi connectivity index (χ2v) is 3.73. The van der Waals surface area contributed by atoms with Crippen LogP contribution < -0.4 is 0 Å². The molecule has 78 valence electrons. The first-order valence-electron chi connectivity index (χ1n) is 4.91. The monoisotopic (exact) mass is 202 g/mol. The standard InChI is InChI=1S/C12H14N2O/c1-9-4-3-5-10(8-9)12(15)11-6-7-14(2)13-11/h3-8,12,15H,1-2H3. The Morgan fingerprint density at radius 1 is 1.33 bits per heavy atom. The first-order chi connectivity index (χ1) is 7.16. The molecule has 0 radical (unpaired) electrons. The summed E-state index contributed by atoms with van der Waals surface area (Å²) in [5, 5.41) is 14.2. The molecule has 1 atom stereocenters. The van der Waals surface area contributed by atoms with E-state index in [1.165, 1.54) is 0 Å². The Balaban J connectivity index is 2.32. The molecule has 3 heteroatoms. The Kier molecular flexibility index (Phi) is 2.56. The van der Waals surface area contributed by atoms with E-state index >= 15 is 0 Å². The van der Waals surface area contributed by atoms with Gasteiger partial charge in [-0.15, -0.1) is 0 Å². The molecule has 2 rings (SSSR count). The number of nitrogens with zero attached hydrogens (tertiary/aromatic N) is 2. The van der Waals surface area contributed by atoms with Gasteiger partial charge in [-0.25, -0.2) is 0 Å². The van der Waals surface area contributed by atoms with Gasteiger partial charge in [0.1, 0.15) is 6.10 Å². The highest BCUT2D eigenvalue weighted by Gasteiger charge is 2.12. The molecule has 0 aliphatic heterocycles. The van der Waals surface area contributed by atoms with Crippen molar-refractivity contribution in [2.75, 3.05) is 0 Å². The van der Waals surface area contributed by atoms with E-state index in [-0.39, 0.29) is 0 Å². The summed E-state index contributed by atoms with van der Waals surface area (Å²) in [6.45, 7) is 2.01. The normalized spacial score (nSPS) is 12.7. The Morgan fingerprint density at radius 2 is 2.13 bits per heavy atom. The number of rotatable bonds is 2. The maximum Gasteiger partial charge on any atom is 0.123 e. The van der Waals surface area contributed by atoms with Gasteiger partial charge < -0.3 is 5.11 Å². The average Bonchev–Trinajstić information content (AvgIpc) is 2.64. The smallest absolute Gasteiger partial charge is 0.123 e. The third-order valence-corrected chi connectivity index (χ3v) is 2.37. The van der Waals surface area contributed by atoms with Gasteiger partial charge in [-0.1, -0.05) is 29.8 Å². The van der Waals surface area contributed by atoms with Gasteiger partial charge in [0.05, 0.1) is 5.69 Å². The highest BCUT2D eigenvalue weighted by molar-refractivity contribution is 5.28. The maximum absolute atomic E-state index is 10.1. The van der Waals surface area contributed by atoms with Gasteiger partial charge in [0.2, 0.25) is 0 Å². The predicted molar refractivity (Wildman–Crippen MR) is 58.4 cm³/mol. The highest BCUT2D eigenvalue weighted by atomic mass is 16.3. The number of hydrogen-bond donors (Lipinski definition) is 1. The lowest BCUT2D eigenvalue weighted by Crippen LogP contribution is -2.01. The van der Waals surface area contributed by atoms with Gasteiger partial charge in [0.15, 0.2) is 0 Å². The third kappa shape index (κ3) is 2.07. The zero-order valence-electron chi connectivity index (χ0n) is 8.88. The molecule has 1 heterocycles. The van der Waals surface area contributed by atoms with Gasteiger partial charge in [-0.05, 0) is 18.6 Å². The van der Waals surface area contributed by atoms with E-state index in [1.807, 2.05) is 50.5 Å². The van der Waals surface area contributed by atoms with Crippen LogP contribution in [-0.4, -0.2) is 14.9 Å². The minimum absolute atomic E-state index is 0.633. The van der Waals surface area contributed by atoms with E-state index in [0.29, 0.717) is 5.69 Å². The molecule has 2 aromatic rings. The second kappa shape index (κ2) is 3.87. The van der Waals surface area contributed by atoms with Crippen LogP contribution >= 0.6 is 0 Å². The predicted octanol–water partition coefficient (Wildman–Crippen LogP) is 1.81. The van der Waals surface area contributed by atoms with E-state index in [2.05, 4.69) is 5.10 Å². The van der Waals surface area contributed by atoms with Crippen LogP contribution in [0, 0.1) is 6.92 Å². The lowest BCUT2D eigenvalue weighted by Gasteiger charge is -2.08. The fourth-order valence-corrected chi connectivity index (χ4v) is 1.59. The Hall–Kier alpha value is -1.61. The maximum atomic E-state index is 10.1. The molecule has 0 aliphatic rings. The first-order valence-corrected chi connectivity index (χ1v) is 4.91. The van der Waals surface area contributed by atoms with Crippen molar-refractivity contribution in [2.45, 2.75) is 13.0 Å². The molecule has 0 spiro atoms. The van der Waals surface area contributed by atoms with E-state index in [4.69, 9.17) is 0 Å². The minimum atomic E-state index is -0.633. The zero-order valence-corrected chi connectivity index (χ0v) is 8.88. The fourth-order valence-electron chi connectivity index (χ4n) is 1.59. The number of aromatic nitrogens is 2. The van der Waals surface area contributed by atoms with Gasteiger partial charge >= 0.3 is 0 Å². The van der Waals surface area contributed by atoms with Crippen molar-refractivity contribution in [1.82, 2.24) is 9.78 Å². The van der Waals surface area contributed by atoms with Crippen molar-refractivity contribution >= 4 is 0 Å². The van der Waals surface area contributed by atoms with Crippen LogP contribution in [0.15, 0.2) is 36.5 Å². The number of benzene rings is 1. The van der Waals surface area contributed by atoms with Crippen LogP contribution in [0.1, 0.15) is 22.9 Å². The minimum Gasteiger partial charge on any atom is -0.382 e. The zero-order chi connectivity index (χ0) is 10.8. The van der Waals surface area contributed by atoms with Crippen LogP contribution in [0.2, 0.25) is 0 Å². The van der Waals surface area contributed by atoms with Crippen molar-refractivity contribution in [1.29, 1.82) is 0 Å². The van der Waals surface area contributed by atoms with Crippen molar-refractivity contribution in [3.63, 3.8) is 0 Å². The van der Waals surface area contributed by atoms with Gasteiger partial charge in [-0.3, -0.25) is 4.68 Å². The van der Waals surface area contributed by atoms with Crippen molar-refractivity contribution < 1.29 is 5.11 Å². The average molecular weight is 202 g/mol. The number of aryl methyl sites for hydroxylation is 2. The summed E-state index contributed by atoms with van der Waals surface area (Å²) >= 11 is 0. The topological polar surface area (TPSA) is 38.0 Å². The summed E-state index contributed by atoms with van der Waals surface area (Å²) in [7, 11) is 1.84. The largest absolute Gasteiger partial charge is 0.382 e. The molecule has 0 fully saturated rings. The van der Waals surface area contributed by atoms with Gasteiger partial charge in [0, 0.05) is 13.2 Å². The van der Waals surface area contributed by atoms with Crippen molar-refractivity contribution in [3.8, 4) is 0 Å². The quantitative estimate of drug-likeness (QED) is 0.806. The molecule has 0 aliphatic carbocycles. The van der Waals surface area contributed by atoms with Crippen LogP contribution in [0.25, 0.3) is 0 Å². The number of aliphatic hydroxyl groups excluding tert-OH is 1. The summed E-state index contributed by atoms with van der Waals surface area (Å²) in [6.07, 6.45) is 1.19. The number of hydrogen-bond acceptors (Lipinski definition) is 2. The van der Waals surface area contributed by atoms with Gasteiger partial charge in [-0.2, -0.15) is 5.10 Å². The molecule has 0 saturated heterocycles. The molecule has 0 amide bonds. The Morgan fingerprint density at radius 3 is 2.73 bits per heavy atom. The van der Waals surface area contributed by atoms with E-state index in [1.54, 1.807) is 4.68 Å². The van der Waals surface area contributed by atoms with E-state index in [0.717, 1.165) is 11.1 Å². The van der Waals surface area contributed by atoms with E-state index in [9.17, 15) is 5.11 Å². The lowest BCUT2D eigenvalue weighted by molar-refractivity contribution is 0.214. The molecule has 15 heavy (non-hydrogen) atoms. The van der Waals surface area contributed by atoms with Crippen molar-refractivity contribution in [2.24, 2.45) is 7.05 Å². The summed E-state index contributed by atoms with van der Waals surface area (Å²) in [4.78, 5) is 0. The fraction of sp³-hybridized carbons (Fsp3) is 0.250. The Bertz CT molecular complexity index is 462. The molecule has 1 N–H and O–H groups in total. The molecule has 3 nitrogen and oxygen atoms in total. The lowest BCUT2D eigenvalue weighted by atomic mass is 10.0. The van der Waals surface area contributed by atoms with E-state index < -0.39 is 6.10 Å². The molecule has 1 aromatic heterocycles. The van der Waals surface area contributed by atoms with Crippen LogP contribution in [0.3, 0.4) is 0 Å². The second-order valence-electron chi connectivity index (χ2n) is 3.73.